The monoisotopic (exact) mass is 1550 g/mol. The molecule has 488 valence electrons. The Morgan fingerprint density at radius 1 is 0.699 bits per heavy atom. The zero-order valence-electron chi connectivity index (χ0n) is 57.3. The number of nitrogens with zero attached hydrogens (tertiary/aromatic N) is 5. The summed E-state index contributed by atoms with van der Waals surface area (Å²) in [6, 6.07) is 2.15. The third kappa shape index (κ3) is 34.1. The summed E-state index contributed by atoms with van der Waals surface area (Å²) in [4.78, 5) is 48.4. The van der Waals surface area contributed by atoms with Crippen molar-refractivity contribution in [2.24, 2.45) is 0 Å². The SMILES string of the molecule is CC(C)(C)SSCCCCO.CC(C)N(C(C)C)P(Cl)N(C(C)C)C(C)C.[2H]CC1OC(N2C=CC(=O)CC2=O)C(F)C1O.[2H]CC1OC(N2C=CC(=O)CC2=O)C(F)C1OP(OCCCCSSC(C)(C)C)N(C(C)C)C(C)C.[3H]OC.[3H]OC.[U]. The number of unbranched alkanes of at least 4 members (excludes halogenated alkanes) is 2. The summed E-state index contributed by atoms with van der Waals surface area (Å²) in [6.45, 7) is 39.5. The number of aliphatic hydroxyl groups excluding tert-OH is 4. The Bertz CT molecular complexity index is 1900. The van der Waals surface area contributed by atoms with Crippen LogP contribution in [0.2, 0.25) is 0 Å². The predicted octanol–water partition coefficient (Wildman–Crippen LogP) is 12.7. The van der Waals surface area contributed by atoms with Crippen LogP contribution in [-0.4, -0.2) is 204 Å². The van der Waals surface area contributed by atoms with Gasteiger partial charge in [0.25, 0.3) is 8.53 Å². The molecule has 0 aliphatic carbocycles. The fourth-order valence-corrected chi connectivity index (χ4v) is 18.4. The molecular weight excluding hydrogens is 1440 g/mol. The molecule has 0 spiro atoms. The van der Waals surface area contributed by atoms with E-state index in [1.807, 2.05) is 70.9 Å². The van der Waals surface area contributed by atoms with Crippen molar-refractivity contribution in [1.29, 1.82) is 2.86 Å². The Morgan fingerprint density at radius 2 is 1.07 bits per heavy atom. The van der Waals surface area contributed by atoms with Crippen LogP contribution in [0.1, 0.15) is 180 Å². The molecule has 9 unspecified atom stereocenters. The van der Waals surface area contributed by atoms with Crippen molar-refractivity contribution in [3.63, 3.8) is 0 Å². The second-order valence-corrected chi connectivity index (χ2v) is 33.0. The molecule has 0 aromatic heterocycles. The average Bonchev–Trinajstić information content (AvgIpc) is 2.29. The Morgan fingerprint density at radius 3 is 1.41 bits per heavy atom. The summed E-state index contributed by atoms with van der Waals surface area (Å²) in [6.07, 6.45) is -2.12. The van der Waals surface area contributed by atoms with Crippen LogP contribution in [0, 0.1) is 31.1 Å². The number of carbonyl (C=O) groups excluding carboxylic acids is 4. The molecule has 17 nitrogen and oxygen atoms in total. The number of alkyl halides is 2. The minimum atomic E-state index is -1.77. The second kappa shape index (κ2) is 45.9. The maximum atomic E-state index is 15.7. The molecule has 4 aliphatic rings. The Labute approximate surface area is 552 Å². The molecule has 4 N–H and O–H groups in total. The van der Waals surface area contributed by atoms with Gasteiger partial charge in [-0.3, -0.25) is 38.3 Å². The van der Waals surface area contributed by atoms with Crippen molar-refractivity contribution in [3.8, 4) is 0 Å². The number of carbonyl (C=O) groups is 4. The van der Waals surface area contributed by atoms with E-state index < -0.39 is 77.1 Å². The van der Waals surface area contributed by atoms with Crippen LogP contribution in [0.4, 0.5) is 8.78 Å². The van der Waals surface area contributed by atoms with Gasteiger partial charge in [-0.1, -0.05) is 96.0 Å². The van der Waals surface area contributed by atoms with E-state index in [9.17, 15) is 28.7 Å². The summed E-state index contributed by atoms with van der Waals surface area (Å²) in [5.41, 5.74) is 0. The first-order valence-electron chi connectivity index (χ1n) is 30.2. The van der Waals surface area contributed by atoms with Gasteiger partial charge in [0.2, 0.25) is 14.7 Å². The molecule has 0 radical (unpaired) electrons. The first-order chi connectivity index (χ1) is 40.0. The Balaban J connectivity index is -0.00000115. The number of rotatable bonds is 25. The summed E-state index contributed by atoms with van der Waals surface area (Å²) in [7, 11) is 7.78. The van der Waals surface area contributed by atoms with Crippen LogP contribution in [0.15, 0.2) is 24.6 Å². The van der Waals surface area contributed by atoms with E-state index in [1.165, 1.54) is 26.5 Å². The number of ether oxygens (including phenoxy) is 2. The first-order valence-corrected chi connectivity index (χ1v) is 35.9. The molecule has 2 amide bonds. The second-order valence-electron chi connectivity index (χ2n) is 22.8. The van der Waals surface area contributed by atoms with Gasteiger partial charge in [0.05, 0.1) is 31.7 Å². The van der Waals surface area contributed by atoms with Gasteiger partial charge in [-0.2, -0.15) is 0 Å². The number of ketones is 2. The maximum absolute atomic E-state index is 15.7. The molecule has 0 bridgehead atoms. The molecule has 4 aliphatic heterocycles. The summed E-state index contributed by atoms with van der Waals surface area (Å²) in [5.74, 6) is 0.411. The van der Waals surface area contributed by atoms with Gasteiger partial charge < -0.3 is 39.0 Å². The predicted molar refractivity (Wildman–Crippen MR) is 344 cm³/mol. The summed E-state index contributed by atoms with van der Waals surface area (Å²) in [5, 5.41) is 25.0. The van der Waals surface area contributed by atoms with Gasteiger partial charge in [-0.25, -0.2) is 13.5 Å². The van der Waals surface area contributed by atoms with Crippen molar-refractivity contribution in [1.82, 2.24) is 23.8 Å². The van der Waals surface area contributed by atoms with Crippen molar-refractivity contribution in [3.05, 3.63) is 24.6 Å². The van der Waals surface area contributed by atoms with Gasteiger partial charge in [0.15, 0.2) is 36.4 Å². The topological polar surface area (TPSA) is 202 Å². The van der Waals surface area contributed by atoms with E-state index in [1.54, 1.807) is 0 Å². The zero-order valence-corrected chi connectivity index (χ0v) is 63.2. The zero-order chi connectivity index (χ0) is 66.8. The van der Waals surface area contributed by atoms with Gasteiger partial charge in [-0.15, -0.1) is 0 Å². The molecule has 83 heavy (non-hydrogen) atoms. The standard InChI is InChI=1S/C24H42FN2O5PS2.C12H28ClN2P.C10H12FNO4.C8H18OS2.2CH4O.U/c1-16(2)27(17(3)4)33(30-13-9-10-14-34-35-24(6,7)8)32-22-18(5)31-23(21(22)25)26-12-11-19(28)15-20(26)29;1-9(2)14(10(3)4)16(13)15(11(5)6)12(7)8;1-5-9(15)8(11)10(16-5)12-3-2-6(13)4-7(12)14;1-8(2,3)11-10-7-5-4-6-9;2*1-2;/h11-12,16-18,21-23H,9-10,13-15H2,1-8H3;9-12H,1-8H3;2-3,5,8-10,15H,4H2,1H3;9H,4-7H2,1-3H3;2*2H,1H3;/i5D;;1D;;2*2T;. The van der Waals surface area contributed by atoms with Crippen LogP contribution < -0.4 is 0 Å². The van der Waals surface area contributed by atoms with E-state index in [-0.39, 0.29) is 86.2 Å². The first kappa shape index (κ1) is 79.9. The van der Waals surface area contributed by atoms with Crippen LogP contribution in [0.25, 0.3) is 0 Å². The third-order valence-electron chi connectivity index (χ3n) is 11.2. The van der Waals surface area contributed by atoms with Crippen LogP contribution in [-0.2, 0) is 37.7 Å². The number of hydrogen-bond donors (Lipinski definition) is 4. The molecule has 0 saturated carbocycles. The van der Waals surface area contributed by atoms with Crippen molar-refractivity contribution in [2.45, 2.75) is 272 Å². The minimum absolute atomic E-state index is 0. The van der Waals surface area contributed by atoms with Crippen molar-refractivity contribution >= 4 is 93.9 Å². The molecule has 0 aromatic carbocycles. The van der Waals surface area contributed by atoms with Gasteiger partial charge in [0.1, 0.15) is 19.8 Å². The van der Waals surface area contributed by atoms with E-state index in [0.717, 1.165) is 59.3 Å². The largest absolute Gasteiger partial charge is 0.400 e. The van der Waals surface area contributed by atoms with Gasteiger partial charge in [0, 0.05) is 124 Å². The normalized spacial score (nSPS) is 23.8. The molecule has 4 heterocycles. The molecule has 27 heteroatoms. The molecule has 0 aromatic rings. The fraction of sp³-hybridized carbons (Fsp3) is 0.857. The Hall–Kier alpha value is 0.782. The number of halogens is 3. The molecular formula is C56H108ClF2N5O12P2S4U. The molecule has 9 atom stereocenters. The van der Waals surface area contributed by atoms with Gasteiger partial charge in [-0.05, 0) is 135 Å². The molecule has 4 rings (SSSR count). The van der Waals surface area contributed by atoms with Crippen LogP contribution in [0.3, 0.4) is 0 Å². The van der Waals surface area contributed by atoms with Crippen molar-refractivity contribution in [2.75, 3.05) is 38.9 Å². The van der Waals surface area contributed by atoms with Crippen LogP contribution in [0.5, 0.6) is 0 Å². The van der Waals surface area contributed by atoms with Crippen LogP contribution >= 0.6 is 70.5 Å². The number of hydrogen-bond acceptors (Lipinski definition) is 19. The van der Waals surface area contributed by atoms with E-state index in [4.69, 9.17) is 40.5 Å². The van der Waals surface area contributed by atoms with Crippen molar-refractivity contribution < 1.29 is 101 Å². The number of aliphatic hydroxyl groups is 4. The minimum Gasteiger partial charge on any atom is -0.400 e. The smallest absolute Gasteiger partial charge is 0.259 e. The third-order valence-corrected chi connectivity index (χ3v) is 23.9. The summed E-state index contributed by atoms with van der Waals surface area (Å²) < 4.78 is 86.7. The van der Waals surface area contributed by atoms with E-state index >= 15 is 4.39 Å². The Kier molecular flexibility index (Phi) is 44.2. The van der Waals surface area contributed by atoms with E-state index in [0.29, 0.717) is 42.1 Å². The molecule has 2 saturated heterocycles. The number of allylic oxidation sites excluding steroid dienone is 2. The average molecular weight is 1550 g/mol. The summed E-state index contributed by atoms with van der Waals surface area (Å²) >= 11 is 6.71. The van der Waals surface area contributed by atoms with Gasteiger partial charge >= 0.3 is 0 Å². The maximum Gasteiger partial charge on any atom is 0.259 e. The molecule has 2 fully saturated rings. The quantitative estimate of drug-likeness (QED) is 0.0291. The fourth-order valence-electron chi connectivity index (χ4n) is 7.93. The number of amides is 2. The van der Waals surface area contributed by atoms with E-state index in [2.05, 4.69) is 121 Å².